The Kier molecular flexibility index (Phi) is 3.93. The lowest BCUT2D eigenvalue weighted by molar-refractivity contribution is -0.0804. The number of nitrogens with one attached hydrogen (secondary N) is 1. The molecule has 120 valence electrons. The molecule has 1 N–H and O–H groups in total. The Hall–Kier alpha value is -0.770. The van der Waals surface area contributed by atoms with E-state index >= 15 is 0 Å². The number of hydrogen-bond donors (Lipinski definition) is 1. The summed E-state index contributed by atoms with van der Waals surface area (Å²) in [6.07, 6.45) is 7.83. The number of ether oxygens (including phenoxy) is 2. The van der Waals surface area contributed by atoms with Gasteiger partial charge in [0.1, 0.15) is 5.60 Å². The van der Waals surface area contributed by atoms with Crippen molar-refractivity contribution in [1.29, 1.82) is 0 Å². The maximum absolute atomic E-state index is 12.0. The summed E-state index contributed by atoms with van der Waals surface area (Å²) in [5.41, 5.74) is -0.415. The average molecular weight is 295 g/mol. The largest absolute Gasteiger partial charge is 0.444 e. The van der Waals surface area contributed by atoms with Gasteiger partial charge in [0.05, 0.1) is 12.2 Å². The highest BCUT2D eigenvalue weighted by Gasteiger charge is 2.47. The second-order valence-electron chi connectivity index (χ2n) is 8.23. The first-order valence-corrected chi connectivity index (χ1v) is 8.49. The van der Waals surface area contributed by atoms with Crippen LogP contribution in [0.5, 0.6) is 0 Å². The van der Waals surface area contributed by atoms with E-state index in [2.05, 4.69) is 5.32 Å². The second-order valence-corrected chi connectivity index (χ2v) is 8.23. The highest BCUT2D eigenvalue weighted by molar-refractivity contribution is 5.68. The van der Waals surface area contributed by atoms with Gasteiger partial charge in [-0.3, -0.25) is 0 Å². The van der Waals surface area contributed by atoms with Crippen molar-refractivity contribution in [2.75, 3.05) is 6.61 Å². The molecule has 1 amide bonds. The minimum Gasteiger partial charge on any atom is -0.444 e. The standard InChI is InChI=1S/C17H29NO3/c1-16(2,3)21-15(19)18-14-5-4-7-17(10-14)8-6-12-9-13(12)11-20-17/h12-14H,4-11H2,1-3H3,(H,18,19)/t12-,13+,14+,17-/m0/s1. The molecule has 3 fully saturated rings. The molecule has 3 aliphatic rings. The first-order valence-electron chi connectivity index (χ1n) is 8.49. The Morgan fingerprint density at radius 3 is 2.81 bits per heavy atom. The molecule has 4 nitrogen and oxygen atoms in total. The van der Waals surface area contributed by atoms with Crippen LogP contribution < -0.4 is 5.32 Å². The molecule has 1 heterocycles. The first-order chi connectivity index (χ1) is 9.85. The highest BCUT2D eigenvalue weighted by Crippen LogP contribution is 2.49. The fourth-order valence-electron chi connectivity index (χ4n) is 3.95. The predicted octanol–water partition coefficient (Wildman–Crippen LogP) is 3.64. The smallest absolute Gasteiger partial charge is 0.407 e. The third-order valence-electron chi connectivity index (χ3n) is 5.17. The summed E-state index contributed by atoms with van der Waals surface area (Å²) >= 11 is 0. The summed E-state index contributed by atoms with van der Waals surface area (Å²) in [5.74, 6) is 1.74. The van der Waals surface area contributed by atoms with E-state index in [1.807, 2.05) is 20.8 Å². The molecule has 0 aromatic carbocycles. The molecule has 2 saturated carbocycles. The van der Waals surface area contributed by atoms with E-state index in [4.69, 9.17) is 9.47 Å². The van der Waals surface area contributed by atoms with Crippen molar-refractivity contribution in [2.45, 2.75) is 83.0 Å². The van der Waals surface area contributed by atoms with E-state index in [0.717, 1.165) is 44.1 Å². The number of hydrogen-bond acceptors (Lipinski definition) is 3. The third kappa shape index (κ3) is 3.91. The zero-order valence-electron chi connectivity index (χ0n) is 13.6. The number of alkyl carbamates (subject to hydrolysis) is 1. The maximum Gasteiger partial charge on any atom is 0.407 e. The summed E-state index contributed by atoms with van der Waals surface area (Å²) in [5, 5.41) is 3.05. The Labute approximate surface area is 127 Å². The van der Waals surface area contributed by atoms with Crippen LogP contribution in [0.1, 0.15) is 65.7 Å². The van der Waals surface area contributed by atoms with E-state index in [1.165, 1.54) is 19.3 Å². The molecule has 3 rings (SSSR count). The van der Waals surface area contributed by atoms with Gasteiger partial charge in [0.25, 0.3) is 0 Å². The monoisotopic (exact) mass is 295 g/mol. The molecule has 2 aliphatic carbocycles. The van der Waals surface area contributed by atoms with Crippen LogP contribution in [0.2, 0.25) is 0 Å². The molecule has 4 heteroatoms. The van der Waals surface area contributed by atoms with Crippen LogP contribution in [-0.4, -0.2) is 29.9 Å². The molecule has 1 aliphatic heterocycles. The number of amides is 1. The lowest BCUT2D eigenvalue weighted by Gasteiger charge is -2.40. The van der Waals surface area contributed by atoms with Crippen molar-refractivity contribution in [1.82, 2.24) is 5.32 Å². The Morgan fingerprint density at radius 1 is 1.24 bits per heavy atom. The van der Waals surface area contributed by atoms with Crippen LogP contribution in [0.25, 0.3) is 0 Å². The van der Waals surface area contributed by atoms with Crippen LogP contribution in [0.15, 0.2) is 0 Å². The molecule has 1 spiro atoms. The number of carbonyl (C=O) groups excluding carboxylic acids is 1. The Bertz CT molecular complexity index is 389. The molecule has 0 aromatic heterocycles. The zero-order valence-corrected chi connectivity index (χ0v) is 13.6. The first kappa shape index (κ1) is 15.1. The van der Waals surface area contributed by atoms with Crippen LogP contribution in [0.4, 0.5) is 4.79 Å². The average Bonchev–Trinajstić information content (AvgIpc) is 3.11. The topological polar surface area (TPSA) is 47.6 Å². The fourth-order valence-corrected chi connectivity index (χ4v) is 3.95. The molecule has 0 bridgehead atoms. The van der Waals surface area contributed by atoms with Crippen LogP contribution in [-0.2, 0) is 9.47 Å². The lowest BCUT2D eigenvalue weighted by atomic mass is 9.78. The summed E-state index contributed by atoms with van der Waals surface area (Å²) in [6, 6.07) is 0.197. The molecular weight excluding hydrogens is 266 g/mol. The highest BCUT2D eigenvalue weighted by atomic mass is 16.6. The van der Waals surface area contributed by atoms with Gasteiger partial charge in [0, 0.05) is 6.04 Å². The minimum atomic E-state index is -0.434. The van der Waals surface area contributed by atoms with Crippen LogP contribution in [0.3, 0.4) is 0 Å². The van der Waals surface area contributed by atoms with Crippen molar-refractivity contribution < 1.29 is 14.3 Å². The van der Waals surface area contributed by atoms with E-state index in [1.54, 1.807) is 0 Å². The molecular formula is C17H29NO3. The van der Waals surface area contributed by atoms with Gasteiger partial charge in [-0.15, -0.1) is 0 Å². The van der Waals surface area contributed by atoms with Crippen LogP contribution >= 0.6 is 0 Å². The van der Waals surface area contributed by atoms with E-state index in [9.17, 15) is 4.79 Å². The third-order valence-corrected chi connectivity index (χ3v) is 5.17. The zero-order chi connectivity index (χ0) is 15.1. The molecule has 0 unspecified atom stereocenters. The maximum atomic E-state index is 12.0. The number of rotatable bonds is 1. The second kappa shape index (κ2) is 5.45. The molecule has 0 aromatic rings. The normalized spacial score (nSPS) is 39.3. The van der Waals surface area contributed by atoms with Gasteiger partial charge >= 0.3 is 6.09 Å². The summed E-state index contributed by atoms with van der Waals surface area (Å²) in [6.45, 7) is 6.63. The minimum absolute atomic E-state index is 0.0192. The van der Waals surface area contributed by atoms with Gasteiger partial charge in [0.15, 0.2) is 0 Å². The van der Waals surface area contributed by atoms with Crippen LogP contribution in [0, 0.1) is 11.8 Å². The summed E-state index contributed by atoms with van der Waals surface area (Å²) in [7, 11) is 0. The molecule has 0 radical (unpaired) electrons. The Morgan fingerprint density at radius 2 is 2.05 bits per heavy atom. The Balaban J connectivity index is 1.54. The lowest BCUT2D eigenvalue weighted by Crippen LogP contribution is -2.48. The van der Waals surface area contributed by atoms with Gasteiger partial charge < -0.3 is 14.8 Å². The summed E-state index contributed by atoms with van der Waals surface area (Å²) < 4.78 is 11.7. The molecule has 1 saturated heterocycles. The predicted molar refractivity (Wildman–Crippen MR) is 81.1 cm³/mol. The van der Waals surface area contributed by atoms with E-state index in [-0.39, 0.29) is 17.7 Å². The summed E-state index contributed by atoms with van der Waals surface area (Å²) in [4.78, 5) is 12.0. The van der Waals surface area contributed by atoms with Gasteiger partial charge in [0.2, 0.25) is 0 Å². The van der Waals surface area contributed by atoms with Crippen molar-refractivity contribution in [2.24, 2.45) is 11.8 Å². The number of carbonyl (C=O) groups is 1. The quantitative estimate of drug-likeness (QED) is 0.803. The molecule has 21 heavy (non-hydrogen) atoms. The van der Waals surface area contributed by atoms with Gasteiger partial charge in [-0.25, -0.2) is 4.79 Å². The van der Waals surface area contributed by atoms with Crippen molar-refractivity contribution >= 4 is 6.09 Å². The molecule has 4 atom stereocenters. The van der Waals surface area contributed by atoms with Crippen molar-refractivity contribution in [3.63, 3.8) is 0 Å². The van der Waals surface area contributed by atoms with E-state index in [0.29, 0.717) is 0 Å². The number of fused-ring (bicyclic) bond motifs is 1. The fraction of sp³-hybridized carbons (Fsp3) is 0.941. The van der Waals surface area contributed by atoms with Gasteiger partial charge in [-0.2, -0.15) is 0 Å². The van der Waals surface area contributed by atoms with Gasteiger partial charge in [-0.1, -0.05) is 0 Å². The van der Waals surface area contributed by atoms with Gasteiger partial charge in [-0.05, 0) is 77.6 Å². The van der Waals surface area contributed by atoms with Crippen molar-refractivity contribution in [3.8, 4) is 0 Å². The van der Waals surface area contributed by atoms with Crippen molar-refractivity contribution in [3.05, 3.63) is 0 Å². The van der Waals surface area contributed by atoms with E-state index < -0.39 is 5.60 Å². The SMILES string of the molecule is CC(C)(C)OC(=O)N[C@@H]1CCC[C@]2(CC[C@H]3C[C@@H]3CO2)C1.